The van der Waals surface area contributed by atoms with E-state index in [4.69, 9.17) is 0 Å². The first kappa shape index (κ1) is 14.6. The number of nitrogens with zero attached hydrogens (tertiary/aromatic N) is 1. The predicted octanol–water partition coefficient (Wildman–Crippen LogP) is 3.35. The molecule has 14 heavy (non-hydrogen) atoms. The highest BCUT2D eigenvalue weighted by Gasteiger charge is 2.27. The molecule has 0 heterocycles. The smallest absolute Gasteiger partial charge is 0.303 e. The lowest BCUT2D eigenvalue weighted by Crippen LogP contribution is -2.28. The van der Waals surface area contributed by atoms with Crippen LogP contribution in [0.3, 0.4) is 0 Å². The van der Waals surface area contributed by atoms with Crippen molar-refractivity contribution in [2.24, 2.45) is 0 Å². The first-order valence-corrected chi connectivity index (χ1v) is 6.59. The van der Waals surface area contributed by atoms with Crippen molar-refractivity contribution >= 4 is 27.7 Å². The molecular formula is C8H15BrF3NS. The minimum atomic E-state index is -4.09. The maximum Gasteiger partial charge on any atom is 0.441 e. The second kappa shape index (κ2) is 7.82. The van der Waals surface area contributed by atoms with Gasteiger partial charge in [0.2, 0.25) is 0 Å². The molecule has 0 bridgehead atoms. The molecule has 0 saturated carbocycles. The van der Waals surface area contributed by atoms with E-state index < -0.39 is 5.51 Å². The summed E-state index contributed by atoms with van der Waals surface area (Å²) in [5.41, 5.74) is -4.09. The minimum absolute atomic E-state index is 0.0573. The van der Waals surface area contributed by atoms with Crippen LogP contribution in [0.5, 0.6) is 0 Å². The Bertz CT molecular complexity index is 143. The lowest BCUT2D eigenvalue weighted by molar-refractivity contribution is -0.0328. The summed E-state index contributed by atoms with van der Waals surface area (Å²) in [5.74, 6) is 0.125. The van der Waals surface area contributed by atoms with Gasteiger partial charge in [-0.15, -0.1) is 0 Å². The zero-order chi connectivity index (χ0) is 11.0. The molecule has 0 fully saturated rings. The fourth-order valence-electron chi connectivity index (χ4n) is 1.00. The van der Waals surface area contributed by atoms with Gasteiger partial charge in [0.15, 0.2) is 0 Å². The zero-order valence-corrected chi connectivity index (χ0v) is 10.5. The third-order valence-electron chi connectivity index (χ3n) is 1.73. The van der Waals surface area contributed by atoms with Crippen LogP contribution < -0.4 is 0 Å². The van der Waals surface area contributed by atoms with Gasteiger partial charge < -0.3 is 4.90 Å². The summed E-state index contributed by atoms with van der Waals surface area (Å²) in [7, 11) is 0. The Balaban J connectivity index is 3.52. The summed E-state index contributed by atoms with van der Waals surface area (Å²) >= 11 is 3.35. The van der Waals surface area contributed by atoms with Gasteiger partial charge in [0.25, 0.3) is 0 Å². The average molecular weight is 294 g/mol. The molecule has 0 radical (unpaired) electrons. The van der Waals surface area contributed by atoms with E-state index in [9.17, 15) is 13.2 Å². The van der Waals surface area contributed by atoms with Gasteiger partial charge in [-0.2, -0.15) is 13.2 Å². The molecule has 6 heteroatoms. The van der Waals surface area contributed by atoms with Gasteiger partial charge in [-0.25, -0.2) is 0 Å². The van der Waals surface area contributed by atoms with Crippen molar-refractivity contribution in [2.45, 2.75) is 18.9 Å². The molecule has 86 valence electrons. The fourth-order valence-corrected chi connectivity index (χ4v) is 1.83. The Morgan fingerprint density at radius 2 is 1.93 bits per heavy atom. The molecule has 0 aromatic carbocycles. The van der Waals surface area contributed by atoms with E-state index in [-0.39, 0.29) is 17.5 Å². The van der Waals surface area contributed by atoms with Crippen molar-refractivity contribution in [2.75, 3.05) is 30.7 Å². The molecule has 0 amide bonds. The van der Waals surface area contributed by atoms with Crippen molar-refractivity contribution in [3.63, 3.8) is 0 Å². The van der Waals surface area contributed by atoms with Crippen LogP contribution in [0.4, 0.5) is 13.2 Å². The number of rotatable bonds is 7. The third kappa shape index (κ3) is 9.15. The van der Waals surface area contributed by atoms with Crippen LogP contribution >= 0.6 is 27.7 Å². The molecule has 0 aliphatic carbocycles. The van der Waals surface area contributed by atoms with Crippen molar-refractivity contribution in [3.8, 4) is 0 Å². The molecule has 0 aliphatic rings. The molecule has 0 rings (SSSR count). The second-order valence-electron chi connectivity index (χ2n) is 2.77. The molecule has 0 aliphatic heterocycles. The van der Waals surface area contributed by atoms with E-state index in [0.29, 0.717) is 6.54 Å². The van der Waals surface area contributed by atoms with Gasteiger partial charge >= 0.3 is 5.51 Å². The average Bonchev–Trinajstić information content (AvgIpc) is 2.09. The van der Waals surface area contributed by atoms with Gasteiger partial charge in [-0.3, -0.25) is 0 Å². The Morgan fingerprint density at radius 3 is 2.36 bits per heavy atom. The number of hydrogen-bond acceptors (Lipinski definition) is 2. The van der Waals surface area contributed by atoms with Crippen LogP contribution in [0.1, 0.15) is 13.3 Å². The van der Waals surface area contributed by atoms with Gasteiger partial charge in [0.05, 0.1) is 0 Å². The first-order valence-electron chi connectivity index (χ1n) is 4.48. The van der Waals surface area contributed by atoms with Gasteiger partial charge in [-0.05, 0) is 31.3 Å². The highest BCUT2D eigenvalue weighted by Crippen LogP contribution is 2.29. The highest BCUT2D eigenvalue weighted by molar-refractivity contribution is 9.09. The van der Waals surface area contributed by atoms with E-state index in [1.165, 1.54) is 0 Å². The molecular weight excluding hydrogens is 279 g/mol. The standard InChI is InChI=1S/C8H15BrF3NS/c1-2-13(5-3-4-9)6-7-14-8(10,11)12/h2-7H2,1H3. The first-order chi connectivity index (χ1) is 6.49. The Morgan fingerprint density at radius 1 is 1.29 bits per heavy atom. The monoisotopic (exact) mass is 293 g/mol. The minimum Gasteiger partial charge on any atom is -0.303 e. The Hall–Kier alpha value is 0.580. The molecule has 0 atom stereocenters. The molecule has 0 aromatic heterocycles. The summed E-state index contributed by atoms with van der Waals surface area (Å²) < 4.78 is 35.4. The Labute approximate surface area is 95.5 Å². The third-order valence-corrected chi connectivity index (χ3v) is 3.00. The molecule has 0 aromatic rings. The fraction of sp³-hybridized carbons (Fsp3) is 1.00. The summed E-state index contributed by atoms with van der Waals surface area (Å²) in [6, 6.07) is 0. The van der Waals surface area contributed by atoms with E-state index in [1.807, 2.05) is 11.8 Å². The highest BCUT2D eigenvalue weighted by atomic mass is 79.9. The Kier molecular flexibility index (Phi) is 8.14. The van der Waals surface area contributed by atoms with Crippen molar-refractivity contribution < 1.29 is 13.2 Å². The van der Waals surface area contributed by atoms with Gasteiger partial charge in [0, 0.05) is 17.6 Å². The van der Waals surface area contributed by atoms with Crippen LogP contribution in [-0.4, -0.2) is 41.1 Å². The topological polar surface area (TPSA) is 3.24 Å². The van der Waals surface area contributed by atoms with Crippen molar-refractivity contribution in [3.05, 3.63) is 0 Å². The number of hydrogen-bond donors (Lipinski definition) is 0. The number of alkyl halides is 4. The van der Waals surface area contributed by atoms with Crippen molar-refractivity contribution in [1.82, 2.24) is 4.90 Å². The van der Waals surface area contributed by atoms with E-state index in [1.54, 1.807) is 0 Å². The van der Waals surface area contributed by atoms with E-state index in [2.05, 4.69) is 15.9 Å². The van der Waals surface area contributed by atoms with E-state index >= 15 is 0 Å². The van der Waals surface area contributed by atoms with Crippen molar-refractivity contribution in [1.29, 1.82) is 0 Å². The van der Waals surface area contributed by atoms with Crippen LogP contribution in [-0.2, 0) is 0 Å². The maximum absolute atomic E-state index is 11.8. The molecule has 0 unspecified atom stereocenters. The summed E-state index contributed by atoms with van der Waals surface area (Å²) in [6.45, 7) is 4.14. The quantitative estimate of drug-likeness (QED) is 0.662. The van der Waals surface area contributed by atoms with Crippen LogP contribution in [0.15, 0.2) is 0 Å². The van der Waals surface area contributed by atoms with Gasteiger partial charge in [0.1, 0.15) is 0 Å². The SMILES string of the molecule is CCN(CCCBr)CCSC(F)(F)F. The summed E-state index contributed by atoms with van der Waals surface area (Å²) in [5, 5.41) is 0.899. The van der Waals surface area contributed by atoms with Crippen LogP contribution in [0, 0.1) is 0 Å². The predicted molar refractivity (Wildman–Crippen MR) is 59.0 cm³/mol. The second-order valence-corrected chi connectivity index (χ2v) is 4.72. The van der Waals surface area contributed by atoms with Gasteiger partial charge in [-0.1, -0.05) is 22.9 Å². The van der Waals surface area contributed by atoms with Crippen LogP contribution in [0.2, 0.25) is 0 Å². The molecule has 0 N–H and O–H groups in total. The maximum atomic E-state index is 11.8. The molecule has 0 spiro atoms. The zero-order valence-electron chi connectivity index (χ0n) is 8.11. The number of halogens is 4. The lowest BCUT2D eigenvalue weighted by atomic mass is 10.4. The normalized spacial score (nSPS) is 12.4. The summed E-state index contributed by atoms with van der Waals surface area (Å²) in [4.78, 5) is 2.03. The molecule has 1 nitrogen and oxygen atoms in total. The lowest BCUT2D eigenvalue weighted by Gasteiger charge is -2.19. The number of thioether (sulfide) groups is 1. The molecule has 0 saturated heterocycles. The van der Waals surface area contributed by atoms with Crippen LogP contribution in [0.25, 0.3) is 0 Å². The summed E-state index contributed by atoms with van der Waals surface area (Å²) in [6.07, 6.45) is 0.977. The largest absolute Gasteiger partial charge is 0.441 e. The van der Waals surface area contributed by atoms with E-state index in [0.717, 1.165) is 24.8 Å².